The van der Waals surface area contributed by atoms with E-state index in [-0.39, 0.29) is 0 Å². The number of carbonyl (C=O) groups is 1. The zero-order valence-corrected chi connectivity index (χ0v) is 6.97. The first-order valence-electron chi connectivity index (χ1n) is 3.54. The van der Waals surface area contributed by atoms with E-state index in [1.165, 1.54) is 12.1 Å². The van der Waals surface area contributed by atoms with E-state index in [0.717, 1.165) is 0 Å². The number of halogens is 1. The number of hydrogen-bond acceptors (Lipinski definition) is 2. The summed E-state index contributed by atoms with van der Waals surface area (Å²) in [6.45, 7) is 1.61. The number of primary amides is 1. The van der Waals surface area contributed by atoms with Gasteiger partial charge in [-0.25, -0.2) is 4.98 Å². The van der Waals surface area contributed by atoms with Crippen molar-refractivity contribution in [1.82, 2.24) is 4.98 Å². The zero-order chi connectivity index (χ0) is 9.84. The average molecular weight is 178 g/mol. The highest BCUT2D eigenvalue weighted by Gasteiger charge is 1.97. The largest absolute Gasteiger partial charge is 0.359 e. The van der Waals surface area contributed by atoms with E-state index in [1.807, 2.05) is 0 Å². The molecule has 0 unspecified atom stereocenters. The second kappa shape index (κ2) is 3.68. The molecule has 0 aliphatic heterocycles. The van der Waals surface area contributed by atoms with Crippen molar-refractivity contribution < 1.29 is 9.18 Å². The summed E-state index contributed by atoms with van der Waals surface area (Å²) in [5, 5.41) is 0. The van der Waals surface area contributed by atoms with Gasteiger partial charge >= 0.3 is 0 Å². The Balaban J connectivity index is 3.05. The van der Waals surface area contributed by atoms with Crippen LogP contribution in [0, 0.1) is 24.7 Å². The average Bonchev–Trinajstić information content (AvgIpc) is 2.02. The molecule has 0 aliphatic rings. The van der Waals surface area contributed by atoms with Crippen LogP contribution < -0.4 is 5.73 Å². The third kappa shape index (κ3) is 2.56. The highest BCUT2D eigenvalue weighted by atomic mass is 19.1. The molecular weight excluding hydrogens is 171 g/mol. The Labute approximate surface area is 74.8 Å². The molecule has 0 fully saturated rings. The summed E-state index contributed by atoms with van der Waals surface area (Å²) in [5.74, 6) is 3.35. The third-order valence-corrected chi connectivity index (χ3v) is 1.37. The van der Waals surface area contributed by atoms with Gasteiger partial charge in [0.1, 0.15) is 0 Å². The first-order valence-corrected chi connectivity index (χ1v) is 3.54. The Morgan fingerprint density at radius 3 is 2.85 bits per heavy atom. The van der Waals surface area contributed by atoms with Crippen molar-refractivity contribution in [1.29, 1.82) is 0 Å². The lowest BCUT2D eigenvalue weighted by Crippen LogP contribution is -2.06. The minimum Gasteiger partial charge on any atom is -0.359 e. The first-order chi connectivity index (χ1) is 6.09. The Hall–Kier alpha value is -1.89. The van der Waals surface area contributed by atoms with Crippen molar-refractivity contribution in [3.05, 3.63) is 29.3 Å². The summed E-state index contributed by atoms with van der Waals surface area (Å²) >= 11 is 0. The maximum atomic E-state index is 12.5. The molecule has 0 spiro atoms. The second-order valence-corrected chi connectivity index (χ2v) is 2.38. The highest BCUT2D eigenvalue weighted by Crippen LogP contribution is 2.03. The maximum absolute atomic E-state index is 12.5. The highest BCUT2D eigenvalue weighted by molar-refractivity contribution is 5.92. The van der Waals surface area contributed by atoms with Gasteiger partial charge in [-0.3, -0.25) is 4.79 Å². The minimum atomic E-state index is -0.719. The standard InChI is InChI=1S/C9H7FN2O/c1-6-7(3-5-9(11)13)2-4-8(10)12-6/h2,4H,1H3,(H2,11,13). The molecule has 0 bridgehead atoms. The lowest BCUT2D eigenvalue weighted by Gasteiger charge is -1.95. The number of aryl methyl sites for hydroxylation is 1. The van der Waals surface area contributed by atoms with Gasteiger partial charge in [0, 0.05) is 11.5 Å². The molecule has 1 amide bonds. The van der Waals surface area contributed by atoms with Crippen LogP contribution in [0.25, 0.3) is 0 Å². The molecule has 0 radical (unpaired) electrons. The predicted molar refractivity (Wildman–Crippen MR) is 45.0 cm³/mol. The zero-order valence-electron chi connectivity index (χ0n) is 6.97. The summed E-state index contributed by atoms with van der Waals surface area (Å²) in [5.41, 5.74) is 5.75. The maximum Gasteiger partial charge on any atom is 0.293 e. The molecule has 0 aromatic carbocycles. The molecule has 0 aliphatic carbocycles. The van der Waals surface area contributed by atoms with Gasteiger partial charge in [-0.2, -0.15) is 4.39 Å². The molecule has 1 aromatic heterocycles. The molecule has 13 heavy (non-hydrogen) atoms. The molecule has 1 aromatic rings. The lowest BCUT2D eigenvalue weighted by molar-refractivity contribution is -0.112. The molecular formula is C9H7FN2O. The lowest BCUT2D eigenvalue weighted by atomic mass is 10.2. The minimum absolute atomic E-state index is 0.439. The van der Waals surface area contributed by atoms with E-state index >= 15 is 0 Å². The van der Waals surface area contributed by atoms with E-state index in [1.54, 1.807) is 6.92 Å². The Morgan fingerprint density at radius 1 is 1.62 bits per heavy atom. The quantitative estimate of drug-likeness (QED) is 0.460. The Bertz CT molecular complexity index is 404. The predicted octanol–water partition coefficient (Wildman–Crippen LogP) is 0.366. The van der Waals surface area contributed by atoms with Crippen LogP contribution in [-0.2, 0) is 4.79 Å². The van der Waals surface area contributed by atoms with Crippen molar-refractivity contribution in [3.63, 3.8) is 0 Å². The summed E-state index contributed by atoms with van der Waals surface area (Å²) in [7, 11) is 0. The van der Waals surface area contributed by atoms with Crippen molar-refractivity contribution in [2.24, 2.45) is 5.73 Å². The summed E-state index contributed by atoms with van der Waals surface area (Å²) in [6, 6.07) is 2.63. The van der Waals surface area contributed by atoms with Crippen LogP contribution in [0.4, 0.5) is 4.39 Å². The van der Waals surface area contributed by atoms with Crippen LogP contribution in [0.5, 0.6) is 0 Å². The molecule has 1 heterocycles. The Morgan fingerprint density at radius 2 is 2.31 bits per heavy atom. The molecule has 4 heteroatoms. The van der Waals surface area contributed by atoms with Crippen LogP contribution in [0.2, 0.25) is 0 Å². The fourth-order valence-electron chi connectivity index (χ4n) is 0.791. The third-order valence-electron chi connectivity index (χ3n) is 1.37. The fraction of sp³-hybridized carbons (Fsp3) is 0.111. The normalized spacial score (nSPS) is 8.77. The monoisotopic (exact) mass is 178 g/mol. The number of hydrogen-bond donors (Lipinski definition) is 1. The molecule has 66 valence electrons. The van der Waals surface area contributed by atoms with E-state index in [0.29, 0.717) is 11.3 Å². The van der Waals surface area contributed by atoms with Crippen LogP contribution in [0.1, 0.15) is 11.3 Å². The van der Waals surface area contributed by atoms with Crippen molar-refractivity contribution in [2.45, 2.75) is 6.92 Å². The molecule has 0 atom stereocenters. The fourth-order valence-corrected chi connectivity index (χ4v) is 0.791. The number of pyridine rings is 1. The smallest absolute Gasteiger partial charge is 0.293 e. The van der Waals surface area contributed by atoms with E-state index in [9.17, 15) is 9.18 Å². The number of carbonyl (C=O) groups excluding carboxylic acids is 1. The molecule has 2 N–H and O–H groups in total. The number of nitrogens with two attached hydrogens (primary N) is 1. The van der Waals surface area contributed by atoms with E-state index in [4.69, 9.17) is 5.73 Å². The molecule has 3 nitrogen and oxygen atoms in total. The molecule has 1 rings (SSSR count). The van der Waals surface area contributed by atoms with Crippen LogP contribution >= 0.6 is 0 Å². The molecule has 0 saturated heterocycles. The SMILES string of the molecule is Cc1nc(F)ccc1C#CC(N)=O. The van der Waals surface area contributed by atoms with Gasteiger partial charge in [0.15, 0.2) is 0 Å². The topological polar surface area (TPSA) is 56.0 Å². The van der Waals surface area contributed by atoms with Gasteiger partial charge in [0.2, 0.25) is 5.95 Å². The van der Waals surface area contributed by atoms with Gasteiger partial charge in [-0.05, 0) is 19.1 Å². The van der Waals surface area contributed by atoms with E-state index < -0.39 is 11.9 Å². The van der Waals surface area contributed by atoms with Gasteiger partial charge in [0.25, 0.3) is 5.91 Å². The van der Waals surface area contributed by atoms with E-state index in [2.05, 4.69) is 16.8 Å². The number of aromatic nitrogens is 1. The second-order valence-electron chi connectivity index (χ2n) is 2.38. The summed E-state index contributed by atoms with van der Waals surface area (Å²) in [4.78, 5) is 13.8. The number of nitrogens with zero attached hydrogens (tertiary/aromatic N) is 1. The van der Waals surface area contributed by atoms with Gasteiger partial charge in [-0.1, -0.05) is 5.92 Å². The summed E-state index contributed by atoms with van der Waals surface area (Å²) in [6.07, 6.45) is 0. The number of amides is 1. The van der Waals surface area contributed by atoms with Gasteiger partial charge < -0.3 is 5.73 Å². The number of rotatable bonds is 0. The Kier molecular flexibility index (Phi) is 2.60. The van der Waals surface area contributed by atoms with Crippen LogP contribution in [0.3, 0.4) is 0 Å². The first kappa shape index (κ1) is 9.20. The van der Waals surface area contributed by atoms with Gasteiger partial charge in [0.05, 0.1) is 5.69 Å². The van der Waals surface area contributed by atoms with Crippen LogP contribution in [-0.4, -0.2) is 10.9 Å². The van der Waals surface area contributed by atoms with Gasteiger partial charge in [-0.15, -0.1) is 0 Å². The summed E-state index contributed by atoms with van der Waals surface area (Å²) < 4.78 is 12.5. The van der Waals surface area contributed by atoms with Crippen molar-refractivity contribution >= 4 is 5.91 Å². The van der Waals surface area contributed by atoms with Crippen LogP contribution in [0.15, 0.2) is 12.1 Å². The molecule has 0 saturated carbocycles. The van der Waals surface area contributed by atoms with Crippen molar-refractivity contribution in [3.8, 4) is 11.8 Å². The van der Waals surface area contributed by atoms with Crippen molar-refractivity contribution in [2.75, 3.05) is 0 Å².